The van der Waals surface area contributed by atoms with Crippen LogP contribution < -0.4 is 25.5 Å². The van der Waals surface area contributed by atoms with E-state index in [-0.39, 0.29) is 12.1 Å². The fourth-order valence-corrected chi connectivity index (χ4v) is 15.2. The van der Waals surface area contributed by atoms with Crippen LogP contribution in [0.2, 0.25) is 0 Å². The first-order valence-corrected chi connectivity index (χ1v) is 29.7. The molecule has 0 saturated carbocycles. The molecule has 0 spiro atoms. The van der Waals surface area contributed by atoms with Crippen LogP contribution in [0.3, 0.4) is 0 Å². The second-order valence-electron chi connectivity index (χ2n) is 23.6. The maximum Gasteiger partial charge on any atom is 0.264 e. The van der Waals surface area contributed by atoms with Gasteiger partial charge in [0.1, 0.15) is 0 Å². The van der Waals surface area contributed by atoms with E-state index in [4.69, 9.17) is 0 Å². The molecule has 0 saturated heterocycles. The topological polar surface area (TPSA) is 11.4 Å². The van der Waals surface area contributed by atoms with Crippen LogP contribution in [-0.2, 0) is 5.41 Å². The smallest absolute Gasteiger partial charge is 0.264 e. The number of rotatable bonds is 6. The number of para-hydroxylation sites is 2. The van der Waals surface area contributed by atoms with Crippen molar-refractivity contribution in [2.24, 2.45) is 0 Å². The van der Waals surface area contributed by atoms with Gasteiger partial charge in [0.05, 0.1) is 16.7 Å². The second kappa shape index (κ2) is 18.3. The van der Waals surface area contributed by atoms with Gasteiger partial charge in [0.25, 0.3) is 6.71 Å². The van der Waals surface area contributed by atoms with Gasteiger partial charge in [-0.1, -0.05) is 203 Å². The van der Waals surface area contributed by atoms with Gasteiger partial charge >= 0.3 is 0 Å². The van der Waals surface area contributed by atoms with Crippen LogP contribution in [0.25, 0.3) is 103 Å². The summed E-state index contributed by atoms with van der Waals surface area (Å²) >= 11 is 1.95. The maximum absolute atomic E-state index is 2.65. The second-order valence-corrected chi connectivity index (χ2v) is 24.7. The Balaban J connectivity index is 0.977. The molecule has 3 nitrogen and oxygen atoms in total. The Labute approximate surface area is 487 Å². The summed E-state index contributed by atoms with van der Waals surface area (Å²) in [5.41, 5.74) is 21.4. The van der Waals surface area contributed by atoms with Crippen LogP contribution >= 0.6 is 11.3 Å². The van der Waals surface area contributed by atoms with Crippen molar-refractivity contribution in [3.8, 4) is 39.1 Å². The molecule has 390 valence electrons. The molecular formula is C78H54BN3S. The molecule has 2 aliphatic rings. The highest BCUT2D eigenvalue weighted by molar-refractivity contribution is 7.33. The number of nitrogens with zero attached hydrogens (tertiary/aromatic N) is 3. The molecule has 0 atom stereocenters. The number of hydrogen-bond acceptors (Lipinski definition) is 3. The van der Waals surface area contributed by atoms with Crippen molar-refractivity contribution >= 4 is 132 Å². The van der Waals surface area contributed by atoms with Crippen molar-refractivity contribution in [2.75, 3.05) is 9.80 Å². The lowest BCUT2D eigenvalue weighted by atomic mass is 9.36. The van der Waals surface area contributed by atoms with E-state index in [1.165, 1.54) is 142 Å². The minimum atomic E-state index is -0.212. The fourth-order valence-electron chi connectivity index (χ4n) is 13.9. The lowest BCUT2D eigenvalue weighted by Crippen LogP contribution is -2.60. The zero-order valence-corrected chi connectivity index (χ0v) is 47.1. The van der Waals surface area contributed by atoms with E-state index in [1.54, 1.807) is 0 Å². The first-order chi connectivity index (χ1) is 40.8. The number of aromatic nitrogens is 1. The molecule has 0 bridgehead atoms. The average molecular weight is 1080 g/mol. The summed E-state index contributed by atoms with van der Waals surface area (Å²) in [5.74, 6) is 0. The monoisotopic (exact) mass is 1080 g/mol. The average Bonchev–Trinajstić information content (AvgIpc) is 1.88. The zero-order valence-electron chi connectivity index (χ0n) is 46.3. The molecule has 0 aliphatic carbocycles. The van der Waals surface area contributed by atoms with Crippen LogP contribution in [-0.4, -0.2) is 11.3 Å². The third-order valence-corrected chi connectivity index (χ3v) is 19.0. The van der Waals surface area contributed by atoms with E-state index in [2.05, 4.69) is 308 Å². The molecule has 5 heteroatoms. The maximum atomic E-state index is 2.65. The Morgan fingerprint density at radius 2 is 0.904 bits per heavy atom. The molecule has 13 aromatic carbocycles. The van der Waals surface area contributed by atoms with Gasteiger partial charge in [0.2, 0.25) is 0 Å². The fraction of sp³-hybridized carbons (Fsp3) is 0.0513. The largest absolute Gasteiger partial charge is 0.311 e. The van der Waals surface area contributed by atoms with Crippen molar-refractivity contribution in [3.63, 3.8) is 0 Å². The van der Waals surface area contributed by atoms with Gasteiger partial charge in [-0.3, -0.25) is 0 Å². The third kappa shape index (κ3) is 7.44. The Bertz CT molecular complexity index is 5050. The van der Waals surface area contributed by atoms with Crippen LogP contribution in [0.15, 0.2) is 273 Å². The van der Waals surface area contributed by atoms with E-state index < -0.39 is 0 Å². The number of benzene rings is 13. The number of fused-ring (bicyclic) bond motifs is 13. The summed E-state index contributed by atoms with van der Waals surface area (Å²) in [6.07, 6.45) is 0. The molecule has 17 rings (SSSR count). The molecule has 83 heavy (non-hydrogen) atoms. The molecule has 0 amide bonds. The van der Waals surface area contributed by atoms with E-state index in [0.29, 0.717) is 0 Å². The van der Waals surface area contributed by atoms with Crippen LogP contribution in [0, 0.1) is 0 Å². The lowest BCUT2D eigenvalue weighted by molar-refractivity contribution is 0.590. The minimum Gasteiger partial charge on any atom is -0.311 e. The predicted octanol–water partition coefficient (Wildman–Crippen LogP) is 19.8. The summed E-state index contributed by atoms with van der Waals surface area (Å²) < 4.78 is 5.11. The standard InChI is InChI=1S/C78H54BN3S/c1-78(2,3)57-46-72-75-73(47-57)82(60-41-55(49-21-6-4-7-22-49)39-56(42-60)50-23-8-5-9-24-50)76-64-33-16-19-36-74(64)83-77(76)79(75)68-38-37-59(80-69-34-17-14-31-62(69)63-32-15-18-35-70(63)80)48-71(68)81(72)58-29-20-28-53(40-58)65-45-54-27-12-13-30-61(54)66-43-51-25-10-11-26-52(51)44-67(65)66/h4-48H,1-3H3. The normalized spacial score (nSPS) is 12.9. The van der Waals surface area contributed by atoms with Gasteiger partial charge in [0.15, 0.2) is 0 Å². The quantitative estimate of drug-likeness (QED) is 0.0934. The predicted molar refractivity (Wildman–Crippen MR) is 358 cm³/mol. The molecule has 15 aromatic rings. The van der Waals surface area contributed by atoms with Gasteiger partial charge in [-0.25, -0.2) is 0 Å². The highest BCUT2D eigenvalue weighted by atomic mass is 32.1. The SMILES string of the molecule is CC(C)(C)c1cc2c3c(c1)N(c1cc(-c4ccccc4)cc(-c4ccccc4)c1)c1c(sc4ccccc14)B3c1ccc(-n3c4ccccc4c4ccccc43)cc1N2c1cccc(-c2cc3ccccc3c3cc4ccccc4cc23)c1. The van der Waals surface area contributed by atoms with Gasteiger partial charge in [-0.15, -0.1) is 11.3 Å². The van der Waals surface area contributed by atoms with Crippen molar-refractivity contribution in [3.05, 3.63) is 279 Å². The Morgan fingerprint density at radius 3 is 1.58 bits per heavy atom. The molecule has 4 heterocycles. The van der Waals surface area contributed by atoms with E-state index in [0.717, 1.165) is 17.1 Å². The summed E-state index contributed by atoms with van der Waals surface area (Å²) in [6, 6.07) is 103. The van der Waals surface area contributed by atoms with Crippen molar-refractivity contribution < 1.29 is 0 Å². The van der Waals surface area contributed by atoms with E-state index in [9.17, 15) is 0 Å². The van der Waals surface area contributed by atoms with Crippen molar-refractivity contribution in [2.45, 2.75) is 26.2 Å². The van der Waals surface area contributed by atoms with Crippen LogP contribution in [0.4, 0.5) is 34.1 Å². The Hall–Kier alpha value is -9.94. The summed E-state index contributed by atoms with van der Waals surface area (Å²) in [5, 5.41) is 11.3. The Kier molecular flexibility index (Phi) is 10.5. The molecule has 0 N–H and O–H groups in total. The molecule has 2 aliphatic heterocycles. The van der Waals surface area contributed by atoms with Gasteiger partial charge in [-0.2, -0.15) is 0 Å². The lowest BCUT2D eigenvalue weighted by Gasteiger charge is -2.44. The number of hydrogen-bond donors (Lipinski definition) is 0. The van der Waals surface area contributed by atoms with Crippen LogP contribution in [0.5, 0.6) is 0 Å². The van der Waals surface area contributed by atoms with Gasteiger partial charge < -0.3 is 14.4 Å². The third-order valence-electron chi connectivity index (χ3n) is 17.8. The summed E-state index contributed by atoms with van der Waals surface area (Å²) in [4.78, 5) is 5.28. The molecule has 0 fully saturated rings. The number of anilines is 6. The molecule has 0 radical (unpaired) electrons. The molecule has 0 unspecified atom stereocenters. The van der Waals surface area contributed by atoms with Crippen molar-refractivity contribution in [1.29, 1.82) is 0 Å². The summed E-state index contributed by atoms with van der Waals surface area (Å²) in [7, 11) is 0. The highest BCUT2D eigenvalue weighted by Gasteiger charge is 2.46. The van der Waals surface area contributed by atoms with Gasteiger partial charge in [-0.05, 0) is 179 Å². The number of thiophene rings is 1. The summed E-state index contributed by atoms with van der Waals surface area (Å²) in [6.45, 7) is 7.05. The Morgan fingerprint density at radius 1 is 0.349 bits per heavy atom. The minimum absolute atomic E-state index is 0.0667. The van der Waals surface area contributed by atoms with Gasteiger partial charge in [0, 0.05) is 59.8 Å². The molecule has 2 aromatic heterocycles. The first-order valence-electron chi connectivity index (χ1n) is 28.9. The first kappa shape index (κ1) is 47.8. The zero-order chi connectivity index (χ0) is 55.1. The van der Waals surface area contributed by atoms with E-state index >= 15 is 0 Å². The highest BCUT2D eigenvalue weighted by Crippen LogP contribution is 2.51. The molecular weight excluding hydrogens is 1020 g/mol. The van der Waals surface area contributed by atoms with Crippen molar-refractivity contribution in [1.82, 2.24) is 4.57 Å². The van der Waals surface area contributed by atoms with Crippen LogP contribution in [0.1, 0.15) is 26.3 Å². The van der Waals surface area contributed by atoms with E-state index in [1.807, 2.05) is 11.3 Å².